The summed E-state index contributed by atoms with van der Waals surface area (Å²) in [5, 5.41) is 15.7. The quantitative estimate of drug-likeness (QED) is 0.788. The van der Waals surface area contributed by atoms with Crippen molar-refractivity contribution in [3.8, 4) is 6.07 Å². The maximum absolute atomic E-state index is 14.8. The Morgan fingerprint density at radius 1 is 1.41 bits per heavy atom. The van der Waals surface area contributed by atoms with Crippen LogP contribution in [0, 0.1) is 23.1 Å². The molecule has 1 aliphatic carbocycles. The normalized spacial score (nSPS) is 30.2. The highest BCUT2D eigenvalue weighted by Gasteiger charge is 2.43. The first-order chi connectivity index (χ1) is 13.9. The van der Waals surface area contributed by atoms with E-state index in [1.165, 1.54) is 0 Å². The van der Waals surface area contributed by atoms with Gasteiger partial charge in [0, 0.05) is 43.8 Å². The van der Waals surface area contributed by atoms with Gasteiger partial charge in [0.2, 0.25) is 5.91 Å². The number of anilines is 1. The molecule has 2 heterocycles. The van der Waals surface area contributed by atoms with Crippen molar-refractivity contribution in [1.82, 2.24) is 15.5 Å². The molecule has 1 aromatic carbocycles. The molecule has 1 aromatic rings. The second-order valence-electron chi connectivity index (χ2n) is 8.89. The highest BCUT2D eigenvalue weighted by Crippen LogP contribution is 2.35. The summed E-state index contributed by atoms with van der Waals surface area (Å²) in [5.74, 6) is -0.0887. The van der Waals surface area contributed by atoms with Crippen LogP contribution in [-0.4, -0.2) is 61.7 Å². The predicted molar refractivity (Wildman–Crippen MR) is 110 cm³/mol. The minimum absolute atomic E-state index is 0.132. The Balaban J connectivity index is 1.39. The number of benzene rings is 1. The van der Waals surface area contributed by atoms with E-state index >= 15 is 0 Å². The van der Waals surface area contributed by atoms with Crippen LogP contribution in [0.25, 0.3) is 0 Å². The Labute approximate surface area is 172 Å². The summed E-state index contributed by atoms with van der Waals surface area (Å²) in [6.45, 7) is 4.91. The third-order valence-electron chi connectivity index (χ3n) is 6.74. The molecular formula is C22H30FN5O. The fourth-order valence-corrected chi connectivity index (χ4v) is 5.16. The number of nitrogens with zero attached hydrogens (tertiary/aromatic N) is 3. The van der Waals surface area contributed by atoms with Crippen molar-refractivity contribution in [1.29, 1.82) is 5.26 Å². The number of fused-ring (bicyclic) bond motifs is 2. The van der Waals surface area contributed by atoms with Crippen molar-refractivity contribution in [2.45, 2.75) is 56.8 Å². The van der Waals surface area contributed by atoms with Crippen LogP contribution in [0.5, 0.6) is 0 Å². The molecule has 6 nitrogen and oxygen atoms in total. The summed E-state index contributed by atoms with van der Waals surface area (Å²) in [7, 11) is 2.10. The van der Waals surface area contributed by atoms with Crippen LogP contribution < -0.4 is 15.5 Å². The number of amides is 1. The van der Waals surface area contributed by atoms with Gasteiger partial charge in [0.1, 0.15) is 11.9 Å². The number of piperazine rings is 1. The number of hydrogen-bond donors (Lipinski definition) is 2. The lowest BCUT2D eigenvalue weighted by molar-refractivity contribution is -0.124. The lowest BCUT2D eigenvalue weighted by Crippen LogP contribution is -2.50. The van der Waals surface area contributed by atoms with Gasteiger partial charge in [0.05, 0.1) is 12.1 Å². The molecule has 3 fully saturated rings. The molecule has 0 aromatic heterocycles. The molecule has 2 saturated heterocycles. The molecule has 0 radical (unpaired) electrons. The fourth-order valence-electron chi connectivity index (χ4n) is 5.16. The number of hydrogen-bond acceptors (Lipinski definition) is 5. The maximum atomic E-state index is 14.8. The largest absolute Gasteiger partial charge is 0.366 e. The van der Waals surface area contributed by atoms with Gasteiger partial charge in [-0.15, -0.1) is 0 Å². The van der Waals surface area contributed by atoms with Crippen LogP contribution >= 0.6 is 0 Å². The molecule has 2 bridgehead atoms. The second kappa shape index (κ2) is 8.29. The van der Waals surface area contributed by atoms with Crippen LogP contribution in [0.3, 0.4) is 0 Å². The zero-order chi connectivity index (χ0) is 20.5. The number of carbonyl (C=O) groups excluding carboxylic acids is 1. The average molecular weight is 400 g/mol. The van der Waals surface area contributed by atoms with E-state index in [-0.39, 0.29) is 24.2 Å². The molecule has 29 heavy (non-hydrogen) atoms. The molecule has 2 aliphatic heterocycles. The summed E-state index contributed by atoms with van der Waals surface area (Å²) in [6, 6.07) is 7.17. The van der Waals surface area contributed by atoms with Crippen LogP contribution in [0.1, 0.15) is 31.7 Å². The molecule has 156 valence electrons. The third kappa shape index (κ3) is 4.24. The van der Waals surface area contributed by atoms with Crippen LogP contribution in [0.2, 0.25) is 0 Å². The topological polar surface area (TPSA) is 71.4 Å². The molecule has 2 N–H and O–H groups in total. The van der Waals surface area contributed by atoms with E-state index in [1.54, 1.807) is 12.1 Å². The average Bonchev–Trinajstić information content (AvgIpc) is 3.32. The summed E-state index contributed by atoms with van der Waals surface area (Å²) in [5.41, 5.74) is 1.33. The van der Waals surface area contributed by atoms with Crippen molar-refractivity contribution >= 4 is 11.6 Å². The Morgan fingerprint density at radius 2 is 2.24 bits per heavy atom. The van der Waals surface area contributed by atoms with Gasteiger partial charge in [-0.05, 0) is 56.8 Å². The van der Waals surface area contributed by atoms with Crippen molar-refractivity contribution in [3.63, 3.8) is 0 Å². The number of likely N-dealkylation sites (N-methyl/N-ethyl adjacent to an activating group) is 1. The van der Waals surface area contributed by atoms with E-state index in [9.17, 15) is 14.4 Å². The minimum Gasteiger partial charge on any atom is -0.366 e. The molecule has 0 spiro atoms. The molecular weight excluding hydrogens is 369 g/mol. The standard InChI is InChI=1S/C22H30FN5O/c1-14-13-27(2)7-8-28(14)19-6-4-15(20(23)11-19)9-18(12-24)26-22(29)21-16-3-5-17(10-16)25-21/h4,6,11,14,16-18,21,25H,3,5,7-10,13H2,1-2H3,(H,26,29). The van der Waals surface area contributed by atoms with Gasteiger partial charge in [-0.25, -0.2) is 4.39 Å². The Hall–Kier alpha value is -2.17. The van der Waals surface area contributed by atoms with E-state index in [0.717, 1.165) is 44.6 Å². The maximum Gasteiger partial charge on any atom is 0.238 e. The summed E-state index contributed by atoms with van der Waals surface area (Å²) >= 11 is 0. The first kappa shape index (κ1) is 20.1. The molecule has 5 atom stereocenters. The van der Waals surface area contributed by atoms with Gasteiger partial charge in [-0.2, -0.15) is 5.26 Å². The van der Waals surface area contributed by atoms with Gasteiger partial charge < -0.3 is 20.4 Å². The first-order valence-corrected chi connectivity index (χ1v) is 10.6. The van der Waals surface area contributed by atoms with Gasteiger partial charge in [-0.3, -0.25) is 4.79 Å². The molecule has 7 heteroatoms. The van der Waals surface area contributed by atoms with E-state index in [2.05, 4.69) is 40.5 Å². The molecule has 5 unspecified atom stereocenters. The van der Waals surface area contributed by atoms with Gasteiger partial charge in [0.25, 0.3) is 0 Å². The highest BCUT2D eigenvalue weighted by atomic mass is 19.1. The van der Waals surface area contributed by atoms with Crippen LogP contribution in [-0.2, 0) is 11.2 Å². The summed E-state index contributed by atoms with van der Waals surface area (Å²) in [4.78, 5) is 17.1. The van der Waals surface area contributed by atoms with Gasteiger partial charge >= 0.3 is 0 Å². The van der Waals surface area contributed by atoms with Crippen LogP contribution in [0.15, 0.2) is 18.2 Å². The van der Waals surface area contributed by atoms with E-state index in [0.29, 0.717) is 23.6 Å². The van der Waals surface area contributed by atoms with E-state index in [4.69, 9.17) is 0 Å². The Bertz CT molecular complexity index is 809. The molecule has 1 amide bonds. The van der Waals surface area contributed by atoms with Gasteiger partial charge in [-0.1, -0.05) is 6.07 Å². The minimum atomic E-state index is -0.730. The number of halogens is 1. The number of carbonyl (C=O) groups is 1. The van der Waals surface area contributed by atoms with Gasteiger partial charge in [0.15, 0.2) is 0 Å². The lowest BCUT2D eigenvalue weighted by atomic mass is 9.98. The number of nitrogens with one attached hydrogen (secondary N) is 2. The van der Waals surface area contributed by atoms with Crippen molar-refractivity contribution in [3.05, 3.63) is 29.6 Å². The van der Waals surface area contributed by atoms with Crippen molar-refractivity contribution in [2.75, 3.05) is 31.6 Å². The zero-order valence-corrected chi connectivity index (χ0v) is 17.2. The molecule has 4 rings (SSSR count). The third-order valence-corrected chi connectivity index (χ3v) is 6.74. The van der Waals surface area contributed by atoms with Crippen molar-refractivity contribution < 1.29 is 9.18 Å². The number of piperidine rings is 1. The lowest BCUT2D eigenvalue weighted by Gasteiger charge is -2.39. The van der Waals surface area contributed by atoms with Crippen molar-refractivity contribution in [2.24, 2.45) is 5.92 Å². The van der Waals surface area contributed by atoms with E-state index in [1.807, 2.05) is 6.07 Å². The SMILES string of the molecule is CC1CN(C)CCN1c1ccc(CC(C#N)NC(=O)C2NC3CCC2C3)c(F)c1. The highest BCUT2D eigenvalue weighted by molar-refractivity contribution is 5.83. The number of rotatable bonds is 5. The summed E-state index contributed by atoms with van der Waals surface area (Å²) < 4.78 is 14.8. The Morgan fingerprint density at radius 3 is 2.86 bits per heavy atom. The monoisotopic (exact) mass is 399 g/mol. The fraction of sp³-hybridized carbons (Fsp3) is 0.636. The Kier molecular flexibility index (Phi) is 5.75. The zero-order valence-electron chi connectivity index (χ0n) is 17.2. The van der Waals surface area contributed by atoms with E-state index < -0.39 is 6.04 Å². The molecule has 3 aliphatic rings. The smallest absolute Gasteiger partial charge is 0.238 e. The number of nitriles is 1. The molecule has 1 saturated carbocycles. The van der Waals surface area contributed by atoms with Crippen LogP contribution in [0.4, 0.5) is 10.1 Å². The first-order valence-electron chi connectivity index (χ1n) is 10.6. The summed E-state index contributed by atoms with van der Waals surface area (Å²) in [6.07, 6.45) is 3.40. The second-order valence-corrected chi connectivity index (χ2v) is 8.89. The predicted octanol–water partition coefficient (Wildman–Crippen LogP) is 1.66.